The number of rotatable bonds is 6. The molecular formula is C16H14Cl2N2O5. The van der Waals surface area contributed by atoms with Crippen LogP contribution in [0.25, 0.3) is 0 Å². The number of hydrogen-bond donors (Lipinski definition) is 1. The van der Waals surface area contributed by atoms with Gasteiger partial charge in [-0.3, -0.25) is 14.9 Å². The Balaban J connectivity index is 2.10. The number of halogens is 2. The second-order valence-electron chi connectivity index (χ2n) is 4.97. The summed E-state index contributed by atoms with van der Waals surface area (Å²) in [5.74, 6) is -0.0971. The van der Waals surface area contributed by atoms with Crippen LogP contribution in [0.1, 0.15) is 6.92 Å². The summed E-state index contributed by atoms with van der Waals surface area (Å²) in [5, 5.41) is 14.3. The van der Waals surface area contributed by atoms with Crippen molar-refractivity contribution in [3.63, 3.8) is 0 Å². The number of hydrogen-bond acceptors (Lipinski definition) is 5. The standard InChI is InChI=1S/C16H14Cl2N2O5/c1-9(25-14-5-3-10(17)7-12(14)18)16(21)19-11-4-6-15(24-2)13(8-11)20(22)23/h3-9H,1-2H3,(H,19,21). The molecular weight excluding hydrogens is 371 g/mol. The summed E-state index contributed by atoms with van der Waals surface area (Å²) < 4.78 is 10.4. The molecule has 0 bridgehead atoms. The van der Waals surface area contributed by atoms with Crippen LogP contribution >= 0.6 is 23.2 Å². The van der Waals surface area contributed by atoms with Crippen LogP contribution < -0.4 is 14.8 Å². The molecule has 1 N–H and O–H groups in total. The first-order valence-corrected chi connectivity index (χ1v) is 7.82. The third kappa shape index (κ3) is 4.74. The minimum atomic E-state index is -0.889. The van der Waals surface area contributed by atoms with Gasteiger partial charge in [0.1, 0.15) is 5.75 Å². The van der Waals surface area contributed by atoms with Crippen molar-refractivity contribution < 1.29 is 19.2 Å². The highest BCUT2D eigenvalue weighted by Crippen LogP contribution is 2.30. The van der Waals surface area contributed by atoms with E-state index in [-0.39, 0.29) is 22.1 Å². The van der Waals surface area contributed by atoms with Crippen LogP contribution in [0.2, 0.25) is 10.0 Å². The van der Waals surface area contributed by atoms with Crippen LogP contribution in [0.4, 0.5) is 11.4 Å². The molecule has 0 radical (unpaired) electrons. The van der Waals surface area contributed by atoms with Gasteiger partial charge in [0.2, 0.25) is 0 Å². The second kappa shape index (κ2) is 8.04. The molecule has 25 heavy (non-hydrogen) atoms. The van der Waals surface area contributed by atoms with Gasteiger partial charge < -0.3 is 14.8 Å². The minimum Gasteiger partial charge on any atom is -0.490 e. The average Bonchev–Trinajstić information content (AvgIpc) is 2.57. The molecule has 1 atom stereocenters. The highest BCUT2D eigenvalue weighted by Gasteiger charge is 2.20. The van der Waals surface area contributed by atoms with Crippen molar-refractivity contribution in [2.24, 2.45) is 0 Å². The number of carbonyl (C=O) groups excluding carboxylic acids is 1. The van der Waals surface area contributed by atoms with E-state index < -0.39 is 16.9 Å². The van der Waals surface area contributed by atoms with E-state index in [0.717, 1.165) is 0 Å². The van der Waals surface area contributed by atoms with Gasteiger partial charge in [0, 0.05) is 16.8 Å². The molecule has 0 heterocycles. The molecule has 1 amide bonds. The number of nitro groups is 1. The predicted molar refractivity (Wildman–Crippen MR) is 94.8 cm³/mol. The van der Waals surface area contributed by atoms with Crippen molar-refractivity contribution in [3.8, 4) is 11.5 Å². The summed E-state index contributed by atoms with van der Waals surface area (Å²) in [7, 11) is 1.33. The molecule has 0 saturated heterocycles. The van der Waals surface area contributed by atoms with Crippen molar-refractivity contribution in [1.82, 2.24) is 0 Å². The van der Waals surface area contributed by atoms with Crippen molar-refractivity contribution in [1.29, 1.82) is 0 Å². The van der Waals surface area contributed by atoms with E-state index in [0.29, 0.717) is 10.8 Å². The molecule has 132 valence electrons. The van der Waals surface area contributed by atoms with Gasteiger partial charge in [0.25, 0.3) is 5.91 Å². The Kier molecular flexibility index (Phi) is 6.06. The van der Waals surface area contributed by atoms with Gasteiger partial charge in [0.15, 0.2) is 11.9 Å². The van der Waals surface area contributed by atoms with Gasteiger partial charge in [0.05, 0.1) is 17.1 Å². The number of nitro benzene ring substituents is 1. The Morgan fingerprint density at radius 3 is 2.48 bits per heavy atom. The number of ether oxygens (including phenoxy) is 2. The maximum absolute atomic E-state index is 12.2. The first-order valence-electron chi connectivity index (χ1n) is 7.07. The number of carbonyl (C=O) groups is 1. The Hall–Kier alpha value is -2.51. The maximum Gasteiger partial charge on any atom is 0.312 e. The lowest BCUT2D eigenvalue weighted by Gasteiger charge is -2.16. The van der Waals surface area contributed by atoms with Gasteiger partial charge >= 0.3 is 5.69 Å². The molecule has 9 heteroatoms. The molecule has 0 fully saturated rings. The van der Waals surface area contributed by atoms with Crippen molar-refractivity contribution >= 4 is 40.5 Å². The molecule has 0 aliphatic rings. The predicted octanol–water partition coefficient (Wildman–Crippen LogP) is 4.32. The molecule has 0 aliphatic carbocycles. The van der Waals surface area contributed by atoms with E-state index in [9.17, 15) is 14.9 Å². The fourth-order valence-electron chi connectivity index (χ4n) is 1.97. The third-order valence-corrected chi connectivity index (χ3v) is 3.74. The molecule has 0 spiro atoms. The summed E-state index contributed by atoms with van der Waals surface area (Å²) in [6, 6.07) is 8.72. The number of anilines is 1. The Morgan fingerprint density at radius 1 is 1.20 bits per heavy atom. The van der Waals surface area contributed by atoms with Crippen LogP contribution in [0, 0.1) is 10.1 Å². The molecule has 7 nitrogen and oxygen atoms in total. The van der Waals surface area contributed by atoms with Crippen LogP contribution in [0.3, 0.4) is 0 Å². The van der Waals surface area contributed by atoms with Crippen LogP contribution in [-0.2, 0) is 4.79 Å². The third-order valence-electron chi connectivity index (χ3n) is 3.21. The van der Waals surface area contributed by atoms with Crippen molar-refractivity contribution in [2.45, 2.75) is 13.0 Å². The second-order valence-corrected chi connectivity index (χ2v) is 5.81. The highest BCUT2D eigenvalue weighted by atomic mass is 35.5. The Bertz CT molecular complexity index is 813. The van der Waals surface area contributed by atoms with Gasteiger partial charge in [-0.2, -0.15) is 0 Å². The summed E-state index contributed by atoms with van der Waals surface area (Å²) in [4.78, 5) is 22.7. The molecule has 0 aromatic heterocycles. The number of nitrogens with one attached hydrogen (secondary N) is 1. The van der Waals surface area contributed by atoms with Gasteiger partial charge in [-0.25, -0.2) is 0 Å². The highest BCUT2D eigenvalue weighted by molar-refractivity contribution is 6.35. The van der Waals surface area contributed by atoms with E-state index in [1.165, 1.54) is 38.3 Å². The maximum atomic E-state index is 12.2. The fourth-order valence-corrected chi connectivity index (χ4v) is 2.42. The summed E-state index contributed by atoms with van der Waals surface area (Å²) >= 11 is 11.8. The molecule has 2 aromatic rings. The lowest BCUT2D eigenvalue weighted by molar-refractivity contribution is -0.385. The van der Waals surface area contributed by atoms with Crippen molar-refractivity contribution in [3.05, 3.63) is 56.6 Å². The largest absolute Gasteiger partial charge is 0.490 e. The van der Waals surface area contributed by atoms with E-state index in [2.05, 4.69) is 5.32 Å². The quantitative estimate of drug-likeness (QED) is 0.591. The normalized spacial score (nSPS) is 11.5. The number of nitrogens with zero attached hydrogens (tertiary/aromatic N) is 1. The van der Waals surface area contributed by atoms with Gasteiger partial charge in [-0.05, 0) is 37.3 Å². The summed E-state index contributed by atoms with van der Waals surface area (Å²) in [5.41, 5.74) is -0.00947. The smallest absolute Gasteiger partial charge is 0.312 e. The van der Waals surface area contributed by atoms with Gasteiger partial charge in [-0.1, -0.05) is 23.2 Å². The number of benzene rings is 2. The summed E-state index contributed by atoms with van der Waals surface area (Å²) in [6.07, 6.45) is -0.889. The Morgan fingerprint density at radius 2 is 1.88 bits per heavy atom. The molecule has 2 aromatic carbocycles. The van der Waals surface area contributed by atoms with Crippen LogP contribution in [0.5, 0.6) is 11.5 Å². The first kappa shape index (κ1) is 18.8. The first-order chi connectivity index (χ1) is 11.8. The van der Waals surface area contributed by atoms with E-state index >= 15 is 0 Å². The fraction of sp³-hybridized carbons (Fsp3) is 0.188. The number of methoxy groups -OCH3 is 1. The minimum absolute atomic E-state index is 0.0974. The van der Waals surface area contributed by atoms with Crippen molar-refractivity contribution in [2.75, 3.05) is 12.4 Å². The molecule has 0 saturated carbocycles. The van der Waals surface area contributed by atoms with E-state index in [1.807, 2.05) is 0 Å². The summed E-state index contributed by atoms with van der Waals surface area (Å²) in [6.45, 7) is 1.53. The Labute approximate surface area is 153 Å². The zero-order valence-corrected chi connectivity index (χ0v) is 14.8. The topological polar surface area (TPSA) is 90.7 Å². The lowest BCUT2D eigenvalue weighted by Crippen LogP contribution is -2.30. The van der Waals surface area contributed by atoms with E-state index in [4.69, 9.17) is 32.7 Å². The zero-order chi connectivity index (χ0) is 18.6. The SMILES string of the molecule is COc1ccc(NC(=O)C(C)Oc2ccc(Cl)cc2Cl)cc1[N+](=O)[O-]. The van der Waals surface area contributed by atoms with Crippen LogP contribution in [0.15, 0.2) is 36.4 Å². The molecule has 2 rings (SSSR count). The monoisotopic (exact) mass is 384 g/mol. The average molecular weight is 385 g/mol. The van der Waals surface area contributed by atoms with E-state index in [1.54, 1.807) is 12.1 Å². The lowest BCUT2D eigenvalue weighted by atomic mass is 10.2. The number of amides is 1. The zero-order valence-electron chi connectivity index (χ0n) is 13.3. The van der Waals surface area contributed by atoms with Crippen LogP contribution in [-0.4, -0.2) is 24.0 Å². The molecule has 0 aliphatic heterocycles. The van der Waals surface area contributed by atoms with Gasteiger partial charge in [-0.15, -0.1) is 0 Å². The molecule has 1 unspecified atom stereocenters.